The summed E-state index contributed by atoms with van der Waals surface area (Å²) >= 11 is 3.34. The molecule has 0 unspecified atom stereocenters. The van der Waals surface area contributed by atoms with Crippen molar-refractivity contribution < 1.29 is 0 Å². The standard InChI is InChI=1S/C26H28N6S2/c1-3-31-23(27-29-25(31)33-19-11-17-21-13-7-5-8-14-21)24-28-30-26(32(24)4-2)34-20-12-18-22-15-9-6-10-16-22/h5-18H,3-4,19-20H2,1-2H3. The Labute approximate surface area is 209 Å². The molecule has 6 nitrogen and oxygen atoms in total. The normalized spacial score (nSPS) is 11.7. The number of hydrogen-bond acceptors (Lipinski definition) is 6. The molecule has 174 valence electrons. The fourth-order valence-electron chi connectivity index (χ4n) is 3.43. The van der Waals surface area contributed by atoms with Crippen molar-refractivity contribution in [3.05, 3.63) is 83.9 Å². The number of nitrogens with zero attached hydrogens (tertiary/aromatic N) is 6. The summed E-state index contributed by atoms with van der Waals surface area (Å²) in [7, 11) is 0. The van der Waals surface area contributed by atoms with Gasteiger partial charge in [0, 0.05) is 24.6 Å². The van der Waals surface area contributed by atoms with Gasteiger partial charge in [-0.05, 0) is 25.0 Å². The Morgan fingerprint density at radius 1 is 0.618 bits per heavy atom. The molecule has 34 heavy (non-hydrogen) atoms. The highest BCUT2D eigenvalue weighted by Crippen LogP contribution is 2.26. The van der Waals surface area contributed by atoms with Crippen LogP contribution in [0.15, 0.2) is 83.1 Å². The molecule has 0 N–H and O–H groups in total. The number of thioether (sulfide) groups is 2. The van der Waals surface area contributed by atoms with Gasteiger partial charge in [0.15, 0.2) is 10.3 Å². The van der Waals surface area contributed by atoms with Crippen LogP contribution in [-0.2, 0) is 13.1 Å². The van der Waals surface area contributed by atoms with Crippen LogP contribution in [0.4, 0.5) is 0 Å². The molecule has 0 saturated heterocycles. The van der Waals surface area contributed by atoms with E-state index in [0.29, 0.717) is 0 Å². The first-order valence-corrected chi connectivity index (χ1v) is 13.3. The van der Waals surface area contributed by atoms with Crippen molar-refractivity contribution in [1.29, 1.82) is 0 Å². The highest BCUT2D eigenvalue weighted by molar-refractivity contribution is 7.99. The van der Waals surface area contributed by atoms with Crippen LogP contribution in [0.3, 0.4) is 0 Å². The first-order chi connectivity index (χ1) is 16.8. The van der Waals surface area contributed by atoms with Gasteiger partial charge in [0.05, 0.1) is 0 Å². The van der Waals surface area contributed by atoms with Gasteiger partial charge in [0.2, 0.25) is 11.6 Å². The minimum atomic E-state index is 0.762. The third kappa shape index (κ3) is 6.07. The van der Waals surface area contributed by atoms with Crippen LogP contribution in [0.5, 0.6) is 0 Å². The Balaban J connectivity index is 1.43. The molecule has 2 aromatic heterocycles. The number of aromatic nitrogens is 6. The second kappa shape index (κ2) is 12.4. The predicted octanol–water partition coefficient (Wildman–Crippen LogP) is 6.19. The van der Waals surface area contributed by atoms with Crippen LogP contribution in [-0.4, -0.2) is 41.0 Å². The van der Waals surface area contributed by atoms with E-state index in [9.17, 15) is 0 Å². The lowest BCUT2D eigenvalue weighted by Crippen LogP contribution is -2.06. The van der Waals surface area contributed by atoms with Crippen LogP contribution in [0.2, 0.25) is 0 Å². The van der Waals surface area contributed by atoms with Gasteiger partial charge in [-0.3, -0.25) is 9.13 Å². The molecule has 0 amide bonds. The summed E-state index contributed by atoms with van der Waals surface area (Å²) < 4.78 is 4.22. The van der Waals surface area contributed by atoms with Crippen molar-refractivity contribution in [2.75, 3.05) is 11.5 Å². The summed E-state index contributed by atoms with van der Waals surface area (Å²) in [5, 5.41) is 19.6. The molecule has 0 aliphatic rings. The van der Waals surface area contributed by atoms with Crippen molar-refractivity contribution >= 4 is 35.7 Å². The van der Waals surface area contributed by atoms with Gasteiger partial charge in [0.25, 0.3) is 0 Å². The topological polar surface area (TPSA) is 61.4 Å². The largest absolute Gasteiger partial charge is 0.300 e. The molecule has 2 heterocycles. The summed E-state index contributed by atoms with van der Waals surface area (Å²) in [6, 6.07) is 20.6. The molecule has 0 atom stereocenters. The van der Waals surface area contributed by atoms with E-state index in [1.165, 1.54) is 11.1 Å². The third-order valence-corrected chi connectivity index (χ3v) is 6.94. The highest BCUT2D eigenvalue weighted by Gasteiger charge is 2.20. The van der Waals surface area contributed by atoms with Crippen LogP contribution < -0.4 is 0 Å². The molecular formula is C26H28N6S2. The Morgan fingerprint density at radius 2 is 1.03 bits per heavy atom. The lowest BCUT2D eigenvalue weighted by molar-refractivity contribution is 0.659. The van der Waals surface area contributed by atoms with Crippen molar-refractivity contribution in [2.24, 2.45) is 0 Å². The average molecular weight is 489 g/mol. The summed E-state index contributed by atoms with van der Waals surface area (Å²) in [6.45, 7) is 5.75. The van der Waals surface area contributed by atoms with Gasteiger partial charge in [-0.2, -0.15) is 0 Å². The third-order valence-electron chi connectivity index (χ3n) is 5.10. The molecule has 0 aliphatic carbocycles. The van der Waals surface area contributed by atoms with Gasteiger partial charge >= 0.3 is 0 Å². The van der Waals surface area contributed by atoms with Crippen molar-refractivity contribution in [3.8, 4) is 11.6 Å². The van der Waals surface area contributed by atoms with Crippen molar-refractivity contribution in [2.45, 2.75) is 37.2 Å². The van der Waals surface area contributed by atoms with Crippen LogP contribution >= 0.6 is 23.5 Å². The molecule has 4 rings (SSSR count). The van der Waals surface area contributed by atoms with E-state index in [2.05, 4.69) is 91.9 Å². The fraction of sp³-hybridized carbons (Fsp3) is 0.231. The van der Waals surface area contributed by atoms with E-state index in [0.717, 1.165) is 46.6 Å². The van der Waals surface area contributed by atoms with Gasteiger partial charge in [0.1, 0.15) is 0 Å². The van der Waals surface area contributed by atoms with Crippen molar-refractivity contribution in [1.82, 2.24) is 29.5 Å². The van der Waals surface area contributed by atoms with E-state index in [-0.39, 0.29) is 0 Å². The minimum Gasteiger partial charge on any atom is -0.300 e. The van der Waals surface area contributed by atoms with Gasteiger partial charge in [-0.25, -0.2) is 0 Å². The highest BCUT2D eigenvalue weighted by atomic mass is 32.2. The van der Waals surface area contributed by atoms with E-state index in [4.69, 9.17) is 0 Å². The number of rotatable bonds is 11. The monoisotopic (exact) mass is 488 g/mol. The number of benzene rings is 2. The van der Waals surface area contributed by atoms with E-state index in [1.807, 2.05) is 36.4 Å². The summed E-state index contributed by atoms with van der Waals surface area (Å²) in [6.07, 6.45) is 8.56. The zero-order valence-electron chi connectivity index (χ0n) is 19.4. The molecule has 4 aromatic rings. The maximum absolute atomic E-state index is 4.47. The average Bonchev–Trinajstić information content (AvgIpc) is 3.48. The summed E-state index contributed by atoms with van der Waals surface area (Å²) in [5.41, 5.74) is 2.39. The Hall–Kier alpha value is -3.10. The molecule has 8 heteroatoms. The smallest absolute Gasteiger partial charge is 0.202 e. The molecule has 0 saturated carbocycles. The lowest BCUT2D eigenvalue weighted by Gasteiger charge is -2.08. The second-order valence-corrected chi connectivity index (χ2v) is 9.32. The summed E-state index contributed by atoms with van der Waals surface area (Å²) in [5.74, 6) is 3.17. The molecule has 0 fully saturated rings. The van der Waals surface area contributed by atoms with Crippen molar-refractivity contribution in [3.63, 3.8) is 0 Å². The van der Waals surface area contributed by atoms with Gasteiger partial charge in [-0.1, -0.05) is 108 Å². The van der Waals surface area contributed by atoms with E-state index in [1.54, 1.807) is 23.5 Å². The maximum Gasteiger partial charge on any atom is 0.202 e. The minimum absolute atomic E-state index is 0.762. The Kier molecular flexibility index (Phi) is 8.76. The van der Waals surface area contributed by atoms with E-state index < -0.39 is 0 Å². The van der Waals surface area contributed by atoms with Gasteiger partial charge < -0.3 is 0 Å². The molecule has 0 radical (unpaired) electrons. The first-order valence-electron chi connectivity index (χ1n) is 11.4. The Bertz CT molecular complexity index is 1130. The quantitative estimate of drug-likeness (QED) is 0.235. The molecule has 0 spiro atoms. The fourth-order valence-corrected chi connectivity index (χ4v) is 5.06. The second-order valence-electron chi connectivity index (χ2n) is 7.35. The van der Waals surface area contributed by atoms with Crippen LogP contribution in [0, 0.1) is 0 Å². The summed E-state index contributed by atoms with van der Waals surface area (Å²) in [4.78, 5) is 0. The maximum atomic E-state index is 4.47. The Morgan fingerprint density at radius 3 is 1.41 bits per heavy atom. The van der Waals surface area contributed by atoms with Crippen LogP contribution in [0.1, 0.15) is 25.0 Å². The SMILES string of the molecule is CCn1c(SCC=Cc2ccccc2)nnc1-c1nnc(SCC=Cc2ccccc2)n1CC. The zero-order valence-corrected chi connectivity index (χ0v) is 21.0. The molecule has 2 aromatic carbocycles. The number of hydrogen-bond donors (Lipinski definition) is 0. The van der Waals surface area contributed by atoms with E-state index >= 15 is 0 Å². The predicted molar refractivity (Wildman–Crippen MR) is 143 cm³/mol. The zero-order chi connectivity index (χ0) is 23.6. The molecule has 0 bridgehead atoms. The molecular weight excluding hydrogens is 460 g/mol. The van der Waals surface area contributed by atoms with Crippen LogP contribution in [0.25, 0.3) is 23.8 Å². The van der Waals surface area contributed by atoms with Gasteiger partial charge in [-0.15, -0.1) is 20.4 Å². The first kappa shape index (κ1) is 24.0. The lowest BCUT2D eigenvalue weighted by atomic mass is 10.2. The molecule has 0 aliphatic heterocycles.